The molecule has 6 heteroatoms. The molecule has 0 bridgehead atoms. The Morgan fingerprint density at radius 3 is 2.44 bits per heavy atom. The van der Waals surface area contributed by atoms with Crippen LogP contribution in [0, 0.1) is 6.92 Å². The quantitative estimate of drug-likeness (QED) is 0.905. The lowest BCUT2D eigenvalue weighted by atomic mass is 9.82. The van der Waals surface area contributed by atoms with Crippen molar-refractivity contribution in [1.82, 2.24) is 4.90 Å². The Kier molecular flexibility index (Phi) is 5.02. The van der Waals surface area contributed by atoms with Crippen LogP contribution in [0.3, 0.4) is 0 Å². The molecule has 1 heterocycles. The van der Waals surface area contributed by atoms with E-state index in [1.54, 1.807) is 23.1 Å². The third kappa shape index (κ3) is 4.06. The molecule has 25 heavy (non-hydrogen) atoms. The van der Waals surface area contributed by atoms with Crippen molar-refractivity contribution in [3.63, 3.8) is 0 Å². The highest BCUT2D eigenvalue weighted by atomic mass is 16.6. The molecule has 0 spiro atoms. The third-order valence-corrected chi connectivity index (χ3v) is 4.74. The second-order valence-electron chi connectivity index (χ2n) is 7.84. The van der Waals surface area contributed by atoms with E-state index in [2.05, 4.69) is 0 Å². The highest BCUT2D eigenvalue weighted by Gasteiger charge is 2.50. The van der Waals surface area contributed by atoms with Gasteiger partial charge in [-0.25, -0.2) is 4.79 Å². The van der Waals surface area contributed by atoms with Gasteiger partial charge in [-0.15, -0.1) is 0 Å². The largest absolute Gasteiger partial charge is 0.488 e. The fraction of sp³-hybridized carbons (Fsp3) is 0.579. The lowest BCUT2D eigenvalue weighted by Gasteiger charge is -2.52. The summed E-state index contributed by atoms with van der Waals surface area (Å²) in [7, 11) is 0. The molecule has 0 aliphatic carbocycles. The summed E-state index contributed by atoms with van der Waals surface area (Å²) in [5.41, 5.74) is 5.64. The predicted octanol–water partition coefficient (Wildman–Crippen LogP) is 3.26. The number of amides is 2. The standard InChI is InChI=1S/C19H28N2O4/c1-12-7-8-14(11-15(12)16(20)22)24-13(2)19(6)9-10-21(19)17(23)25-18(3,4)5/h7-8,11,13H,9-10H2,1-6H3,(H2,20,22)/t13-,19-/m0/s1. The van der Waals surface area contributed by atoms with Gasteiger partial charge < -0.3 is 15.2 Å². The number of primary amides is 1. The number of likely N-dealkylation sites (tertiary alicyclic amines) is 1. The summed E-state index contributed by atoms with van der Waals surface area (Å²) in [5.74, 6) is 0.0741. The second-order valence-corrected chi connectivity index (χ2v) is 7.84. The van der Waals surface area contributed by atoms with Gasteiger partial charge in [-0.2, -0.15) is 0 Å². The lowest BCUT2D eigenvalue weighted by Crippen LogP contribution is -2.67. The summed E-state index contributed by atoms with van der Waals surface area (Å²) in [5, 5.41) is 0. The molecule has 0 saturated carbocycles. The van der Waals surface area contributed by atoms with Crippen molar-refractivity contribution in [2.24, 2.45) is 5.73 Å². The summed E-state index contributed by atoms with van der Waals surface area (Å²) in [4.78, 5) is 25.6. The van der Waals surface area contributed by atoms with Gasteiger partial charge in [0, 0.05) is 12.1 Å². The number of nitrogens with zero attached hydrogens (tertiary/aromatic N) is 1. The van der Waals surface area contributed by atoms with Crippen LogP contribution < -0.4 is 10.5 Å². The van der Waals surface area contributed by atoms with Crippen LogP contribution in [0.15, 0.2) is 18.2 Å². The van der Waals surface area contributed by atoms with Gasteiger partial charge >= 0.3 is 6.09 Å². The van der Waals surface area contributed by atoms with E-state index in [0.29, 0.717) is 17.9 Å². The fourth-order valence-electron chi connectivity index (χ4n) is 2.89. The van der Waals surface area contributed by atoms with Crippen LogP contribution in [0.4, 0.5) is 4.79 Å². The van der Waals surface area contributed by atoms with Gasteiger partial charge in [-0.05, 0) is 65.7 Å². The van der Waals surface area contributed by atoms with Crippen LogP contribution in [-0.4, -0.2) is 40.7 Å². The molecule has 2 rings (SSSR count). The second kappa shape index (κ2) is 6.58. The van der Waals surface area contributed by atoms with E-state index in [9.17, 15) is 9.59 Å². The van der Waals surface area contributed by atoms with Gasteiger partial charge in [-0.3, -0.25) is 9.69 Å². The molecule has 0 radical (unpaired) electrons. The van der Waals surface area contributed by atoms with Crippen LogP contribution in [0.25, 0.3) is 0 Å². The maximum absolute atomic E-state index is 12.4. The Morgan fingerprint density at radius 2 is 1.96 bits per heavy atom. The average Bonchev–Trinajstić information content (AvgIpc) is 2.44. The van der Waals surface area contributed by atoms with Crippen molar-refractivity contribution in [2.45, 2.75) is 65.2 Å². The number of aryl methyl sites for hydroxylation is 1. The summed E-state index contributed by atoms with van der Waals surface area (Å²) >= 11 is 0. The zero-order chi connectivity index (χ0) is 19.0. The molecule has 1 aromatic rings. The zero-order valence-electron chi connectivity index (χ0n) is 15.9. The first-order chi connectivity index (χ1) is 11.4. The van der Waals surface area contributed by atoms with Crippen molar-refractivity contribution >= 4 is 12.0 Å². The Labute approximate surface area is 149 Å². The number of ether oxygens (including phenoxy) is 2. The Bertz CT molecular complexity index is 680. The first kappa shape index (κ1) is 19.1. The lowest BCUT2D eigenvalue weighted by molar-refractivity contribution is -0.0787. The molecule has 2 amide bonds. The van der Waals surface area contributed by atoms with Gasteiger partial charge in [0.1, 0.15) is 17.5 Å². The third-order valence-electron chi connectivity index (χ3n) is 4.74. The normalized spacial score (nSPS) is 21.3. The van der Waals surface area contributed by atoms with E-state index in [1.807, 2.05) is 41.5 Å². The van der Waals surface area contributed by atoms with Crippen molar-refractivity contribution in [3.05, 3.63) is 29.3 Å². The maximum atomic E-state index is 12.4. The smallest absolute Gasteiger partial charge is 0.410 e. The molecular weight excluding hydrogens is 320 g/mol. The van der Waals surface area contributed by atoms with Gasteiger partial charge in [0.25, 0.3) is 0 Å². The topological polar surface area (TPSA) is 81.9 Å². The first-order valence-electron chi connectivity index (χ1n) is 8.52. The minimum atomic E-state index is -0.537. The number of rotatable bonds is 4. The number of hydrogen-bond acceptors (Lipinski definition) is 4. The van der Waals surface area contributed by atoms with Crippen LogP contribution >= 0.6 is 0 Å². The van der Waals surface area contributed by atoms with Crippen LogP contribution in [0.1, 0.15) is 57.0 Å². The number of nitrogens with two attached hydrogens (primary N) is 1. The molecule has 1 aromatic carbocycles. The van der Waals surface area contributed by atoms with E-state index < -0.39 is 17.0 Å². The SMILES string of the molecule is Cc1ccc(O[C@@H](C)[C@]2(C)CCN2C(=O)OC(C)(C)C)cc1C(N)=O. The molecule has 2 N–H and O–H groups in total. The highest BCUT2D eigenvalue weighted by Crippen LogP contribution is 2.37. The van der Waals surface area contributed by atoms with Gasteiger partial charge in [0.2, 0.25) is 5.91 Å². The first-order valence-corrected chi connectivity index (χ1v) is 8.52. The number of carbonyl (C=O) groups is 2. The monoisotopic (exact) mass is 348 g/mol. The summed E-state index contributed by atoms with van der Waals surface area (Å²) in [6, 6.07) is 5.25. The Balaban J connectivity index is 2.12. The number of hydrogen-bond donors (Lipinski definition) is 1. The van der Waals surface area contributed by atoms with Gasteiger partial charge in [0.05, 0.1) is 5.54 Å². The molecule has 138 valence electrons. The molecule has 0 aromatic heterocycles. The van der Waals surface area contributed by atoms with E-state index in [0.717, 1.165) is 12.0 Å². The Hall–Kier alpha value is -2.24. The van der Waals surface area contributed by atoms with E-state index in [1.165, 1.54) is 0 Å². The van der Waals surface area contributed by atoms with E-state index in [-0.39, 0.29) is 12.2 Å². The predicted molar refractivity (Wildman–Crippen MR) is 95.7 cm³/mol. The average molecular weight is 348 g/mol. The zero-order valence-corrected chi connectivity index (χ0v) is 15.9. The van der Waals surface area contributed by atoms with Crippen LogP contribution in [0.5, 0.6) is 5.75 Å². The van der Waals surface area contributed by atoms with Crippen molar-refractivity contribution in [3.8, 4) is 5.75 Å². The summed E-state index contributed by atoms with van der Waals surface area (Å²) < 4.78 is 11.5. The molecular formula is C19H28N2O4. The molecule has 0 unspecified atom stereocenters. The van der Waals surface area contributed by atoms with Crippen LogP contribution in [0.2, 0.25) is 0 Å². The number of benzene rings is 1. The number of carbonyl (C=O) groups excluding carboxylic acids is 2. The van der Waals surface area contributed by atoms with Crippen molar-refractivity contribution < 1.29 is 19.1 Å². The molecule has 1 fully saturated rings. The van der Waals surface area contributed by atoms with Crippen LogP contribution in [-0.2, 0) is 4.74 Å². The molecule has 1 saturated heterocycles. The minimum Gasteiger partial charge on any atom is -0.488 e. The fourth-order valence-corrected chi connectivity index (χ4v) is 2.89. The van der Waals surface area contributed by atoms with E-state index >= 15 is 0 Å². The summed E-state index contributed by atoms with van der Waals surface area (Å²) in [6.45, 7) is 11.9. The minimum absolute atomic E-state index is 0.266. The maximum Gasteiger partial charge on any atom is 0.410 e. The molecule has 1 aliphatic heterocycles. The van der Waals surface area contributed by atoms with Crippen molar-refractivity contribution in [1.29, 1.82) is 0 Å². The summed E-state index contributed by atoms with van der Waals surface area (Å²) in [6.07, 6.45) is 0.220. The molecule has 6 nitrogen and oxygen atoms in total. The van der Waals surface area contributed by atoms with E-state index in [4.69, 9.17) is 15.2 Å². The van der Waals surface area contributed by atoms with Gasteiger partial charge in [-0.1, -0.05) is 6.07 Å². The van der Waals surface area contributed by atoms with Gasteiger partial charge in [0.15, 0.2) is 0 Å². The van der Waals surface area contributed by atoms with Crippen molar-refractivity contribution in [2.75, 3.05) is 6.54 Å². The highest BCUT2D eigenvalue weighted by molar-refractivity contribution is 5.94. The molecule has 1 aliphatic rings. The Morgan fingerprint density at radius 1 is 1.32 bits per heavy atom. The molecule has 2 atom stereocenters.